The molecule has 1 unspecified atom stereocenters. The normalized spacial score (nSPS) is 16.1. The van der Waals surface area contributed by atoms with E-state index in [-0.39, 0.29) is 6.03 Å². The SMILES string of the molecule is CCCCN(C(=O)NC(CCC)C(=O)O)C1CC1. The molecule has 1 aliphatic carbocycles. The van der Waals surface area contributed by atoms with Gasteiger partial charge in [-0.2, -0.15) is 0 Å². The fraction of sp³-hybridized carbons (Fsp3) is 0.846. The summed E-state index contributed by atoms with van der Waals surface area (Å²) in [5.74, 6) is -0.948. The molecule has 2 N–H and O–H groups in total. The van der Waals surface area contributed by atoms with Crippen LogP contribution >= 0.6 is 0 Å². The van der Waals surface area contributed by atoms with Gasteiger partial charge in [-0.1, -0.05) is 26.7 Å². The van der Waals surface area contributed by atoms with E-state index in [9.17, 15) is 9.59 Å². The summed E-state index contributed by atoms with van der Waals surface area (Å²) in [6, 6.07) is -0.648. The number of nitrogens with zero attached hydrogens (tertiary/aromatic N) is 1. The molecule has 0 aromatic heterocycles. The highest BCUT2D eigenvalue weighted by molar-refractivity contribution is 5.82. The van der Waals surface area contributed by atoms with Crippen molar-refractivity contribution >= 4 is 12.0 Å². The molecule has 104 valence electrons. The molecule has 1 atom stereocenters. The number of hydrogen-bond acceptors (Lipinski definition) is 2. The highest BCUT2D eigenvalue weighted by atomic mass is 16.4. The third kappa shape index (κ3) is 4.55. The Bertz CT molecular complexity index is 290. The van der Waals surface area contributed by atoms with Crippen molar-refractivity contribution in [2.24, 2.45) is 0 Å². The second kappa shape index (κ2) is 7.24. The molecule has 18 heavy (non-hydrogen) atoms. The highest BCUT2D eigenvalue weighted by Crippen LogP contribution is 2.27. The van der Waals surface area contributed by atoms with E-state index >= 15 is 0 Å². The molecular formula is C13H24N2O3. The fourth-order valence-corrected chi connectivity index (χ4v) is 1.94. The van der Waals surface area contributed by atoms with Crippen LogP contribution in [0.1, 0.15) is 52.4 Å². The van der Waals surface area contributed by atoms with E-state index in [1.54, 1.807) is 4.90 Å². The van der Waals surface area contributed by atoms with Gasteiger partial charge in [-0.25, -0.2) is 9.59 Å². The van der Waals surface area contributed by atoms with Crippen molar-refractivity contribution in [1.29, 1.82) is 0 Å². The maximum Gasteiger partial charge on any atom is 0.326 e. The topological polar surface area (TPSA) is 69.6 Å². The van der Waals surface area contributed by atoms with Gasteiger partial charge in [-0.15, -0.1) is 0 Å². The number of unbranched alkanes of at least 4 members (excludes halogenated alkanes) is 1. The number of carboxylic acids is 1. The van der Waals surface area contributed by atoms with Gasteiger partial charge < -0.3 is 15.3 Å². The quantitative estimate of drug-likeness (QED) is 0.699. The smallest absolute Gasteiger partial charge is 0.326 e. The van der Waals surface area contributed by atoms with Crippen molar-refractivity contribution < 1.29 is 14.7 Å². The van der Waals surface area contributed by atoms with Crippen molar-refractivity contribution in [1.82, 2.24) is 10.2 Å². The zero-order valence-corrected chi connectivity index (χ0v) is 11.3. The van der Waals surface area contributed by atoms with E-state index < -0.39 is 12.0 Å². The van der Waals surface area contributed by atoms with E-state index in [1.807, 2.05) is 6.92 Å². The van der Waals surface area contributed by atoms with E-state index in [0.717, 1.165) is 38.6 Å². The number of urea groups is 1. The predicted octanol–water partition coefficient (Wildman–Crippen LogP) is 2.21. The maximum absolute atomic E-state index is 12.1. The summed E-state index contributed by atoms with van der Waals surface area (Å²) in [6.45, 7) is 4.73. The predicted molar refractivity (Wildman–Crippen MR) is 69.5 cm³/mol. The number of carbonyl (C=O) groups is 2. The van der Waals surface area contributed by atoms with Crippen molar-refractivity contribution in [3.8, 4) is 0 Å². The molecule has 1 rings (SSSR count). The Balaban J connectivity index is 2.50. The number of aliphatic carboxylic acids is 1. The van der Waals surface area contributed by atoms with Crippen LogP contribution in [0.15, 0.2) is 0 Å². The Labute approximate surface area is 109 Å². The van der Waals surface area contributed by atoms with E-state index in [1.165, 1.54) is 0 Å². The Morgan fingerprint density at radius 2 is 2.00 bits per heavy atom. The van der Waals surface area contributed by atoms with Crippen LogP contribution in [0.3, 0.4) is 0 Å². The molecule has 0 saturated heterocycles. The first-order chi connectivity index (χ1) is 8.60. The number of nitrogens with one attached hydrogen (secondary N) is 1. The van der Waals surface area contributed by atoms with Crippen LogP contribution in [-0.4, -0.2) is 40.6 Å². The average molecular weight is 256 g/mol. The molecule has 0 aliphatic heterocycles. The molecule has 1 fully saturated rings. The summed E-state index contributed by atoms with van der Waals surface area (Å²) in [5, 5.41) is 11.7. The summed E-state index contributed by atoms with van der Waals surface area (Å²) in [7, 11) is 0. The van der Waals surface area contributed by atoms with E-state index in [0.29, 0.717) is 12.5 Å². The first kappa shape index (κ1) is 14.8. The molecular weight excluding hydrogens is 232 g/mol. The van der Waals surface area contributed by atoms with Crippen molar-refractivity contribution in [3.63, 3.8) is 0 Å². The van der Waals surface area contributed by atoms with Gasteiger partial charge in [-0.05, 0) is 25.7 Å². The van der Waals surface area contributed by atoms with Crippen LogP contribution in [0.5, 0.6) is 0 Å². The van der Waals surface area contributed by atoms with Gasteiger partial charge in [0.05, 0.1) is 0 Å². The van der Waals surface area contributed by atoms with Crippen LogP contribution in [0.2, 0.25) is 0 Å². The molecule has 1 saturated carbocycles. The molecule has 0 bridgehead atoms. The van der Waals surface area contributed by atoms with Gasteiger partial charge >= 0.3 is 12.0 Å². The van der Waals surface area contributed by atoms with Crippen molar-refractivity contribution in [2.45, 2.75) is 64.5 Å². The average Bonchev–Trinajstić information content (AvgIpc) is 3.13. The van der Waals surface area contributed by atoms with E-state index in [2.05, 4.69) is 12.2 Å². The third-order valence-electron chi connectivity index (χ3n) is 3.17. The molecule has 0 aromatic carbocycles. The first-order valence-electron chi connectivity index (χ1n) is 6.90. The zero-order valence-electron chi connectivity index (χ0n) is 11.3. The van der Waals surface area contributed by atoms with Crippen molar-refractivity contribution in [2.75, 3.05) is 6.54 Å². The number of amides is 2. The summed E-state index contributed by atoms with van der Waals surface area (Å²) in [6.07, 6.45) is 5.32. The molecule has 0 radical (unpaired) electrons. The molecule has 5 heteroatoms. The van der Waals surface area contributed by atoms with Crippen molar-refractivity contribution in [3.05, 3.63) is 0 Å². The Morgan fingerprint density at radius 3 is 2.44 bits per heavy atom. The lowest BCUT2D eigenvalue weighted by molar-refractivity contribution is -0.139. The zero-order chi connectivity index (χ0) is 13.5. The van der Waals surface area contributed by atoms with Crippen LogP contribution in [0.4, 0.5) is 4.79 Å². The lowest BCUT2D eigenvalue weighted by Gasteiger charge is -2.24. The van der Waals surface area contributed by atoms with Crippen LogP contribution < -0.4 is 5.32 Å². The maximum atomic E-state index is 12.1. The largest absolute Gasteiger partial charge is 0.480 e. The monoisotopic (exact) mass is 256 g/mol. The molecule has 0 aromatic rings. The van der Waals surface area contributed by atoms with E-state index in [4.69, 9.17) is 5.11 Å². The molecule has 0 heterocycles. The van der Waals surface area contributed by atoms with Gasteiger partial charge in [0.25, 0.3) is 0 Å². The number of carbonyl (C=O) groups excluding carboxylic acids is 1. The Hall–Kier alpha value is -1.26. The fourth-order valence-electron chi connectivity index (χ4n) is 1.94. The molecule has 2 amide bonds. The van der Waals surface area contributed by atoms with Gasteiger partial charge in [0.15, 0.2) is 0 Å². The standard InChI is InChI=1S/C13H24N2O3/c1-3-5-9-15(10-7-8-10)13(18)14-11(6-4-2)12(16)17/h10-11H,3-9H2,1-2H3,(H,14,18)(H,16,17). The lowest BCUT2D eigenvalue weighted by Crippen LogP contribution is -2.49. The number of hydrogen-bond donors (Lipinski definition) is 2. The number of carboxylic acid groups (broad SMARTS) is 1. The van der Waals surface area contributed by atoms with Crippen LogP contribution in [0, 0.1) is 0 Å². The summed E-state index contributed by atoms with van der Waals surface area (Å²) >= 11 is 0. The third-order valence-corrected chi connectivity index (χ3v) is 3.17. The van der Waals surface area contributed by atoms with Gasteiger partial charge in [0, 0.05) is 12.6 Å². The minimum absolute atomic E-state index is 0.216. The minimum Gasteiger partial charge on any atom is -0.480 e. The van der Waals surface area contributed by atoms with Gasteiger partial charge in [-0.3, -0.25) is 0 Å². The van der Waals surface area contributed by atoms with Gasteiger partial charge in [0.1, 0.15) is 6.04 Å². The number of rotatable bonds is 8. The molecule has 0 spiro atoms. The Kier molecular flexibility index (Phi) is 5.95. The highest BCUT2D eigenvalue weighted by Gasteiger charge is 2.33. The molecule has 5 nitrogen and oxygen atoms in total. The van der Waals surface area contributed by atoms with Crippen LogP contribution in [-0.2, 0) is 4.79 Å². The van der Waals surface area contributed by atoms with Gasteiger partial charge in [0.2, 0.25) is 0 Å². The summed E-state index contributed by atoms with van der Waals surface area (Å²) in [4.78, 5) is 24.9. The summed E-state index contributed by atoms with van der Waals surface area (Å²) in [5.41, 5.74) is 0. The molecule has 1 aliphatic rings. The Morgan fingerprint density at radius 1 is 1.33 bits per heavy atom. The van der Waals surface area contributed by atoms with Crippen LogP contribution in [0.25, 0.3) is 0 Å². The first-order valence-corrected chi connectivity index (χ1v) is 6.90. The summed E-state index contributed by atoms with van der Waals surface area (Å²) < 4.78 is 0. The second-order valence-corrected chi connectivity index (χ2v) is 4.91. The second-order valence-electron chi connectivity index (χ2n) is 4.91. The lowest BCUT2D eigenvalue weighted by atomic mass is 10.2. The minimum atomic E-state index is -0.948.